The van der Waals surface area contributed by atoms with Crippen molar-refractivity contribution in [3.63, 3.8) is 0 Å². The van der Waals surface area contributed by atoms with Crippen LogP contribution < -0.4 is 11.2 Å². The molecule has 1 fully saturated rings. The highest BCUT2D eigenvalue weighted by Gasteiger charge is 2.29. The Kier molecular flexibility index (Phi) is 4.28. The van der Waals surface area contributed by atoms with Gasteiger partial charge in [0.25, 0.3) is 5.56 Å². The fourth-order valence-corrected chi connectivity index (χ4v) is 4.44. The standard InChI is InChI=1S/C25H21N5O2/c31-24-19-8-4-5-9-20(19)28(15-17-6-2-1-3-7-17)23(27-24)16-29-22-14-26-13-12-21(22)30(25(29)32)18-10-11-18/h1-9,12-14,18H,10-11,15-16H2. The smallest absolute Gasteiger partial charge is 0.323 e. The fourth-order valence-electron chi connectivity index (χ4n) is 4.44. The van der Waals surface area contributed by atoms with Crippen molar-refractivity contribution in [2.24, 2.45) is 0 Å². The number of aromatic nitrogens is 5. The number of para-hydroxylation sites is 1. The first kappa shape index (κ1) is 18.7. The molecule has 1 aliphatic rings. The number of hydrogen-bond donors (Lipinski definition) is 0. The molecular formula is C25H21N5O2. The summed E-state index contributed by atoms with van der Waals surface area (Å²) in [6, 6.07) is 19.7. The molecule has 7 heteroatoms. The van der Waals surface area contributed by atoms with Gasteiger partial charge in [0, 0.05) is 18.8 Å². The predicted octanol–water partition coefficient (Wildman–Crippen LogP) is 3.34. The third-order valence-electron chi connectivity index (χ3n) is 6.13. The van der Waals surface area contributed by atoms with Crippen molar-refractivity contribution in [3.05, 3.63) is 105 Å². The van der Waals surface area contributed by atoms with Crippen LogP contribution >= 0.6 is 0 Å². The molecule has 0 N–H and O–H groups in total. The second-order valence-electron chi connectivity index (χ2n) is 8.26. The first-order chi connectivity index (χ1) is 15.7. The van der Waals surface area contributed by atoms with Crippen LogP contribution in [-0.2, 0) is 13.1 Å². The number of imidazole rings is 1. The maximum atomic E-state index is 13.4. The van der Waals surface area contributed by atoms with Gasteiger partial charge in [0.2, 0.25) is 0 Å². The first-order valence-corrected chi connectivity index (χ1v) is 10.8. The van der Waals surface area contributed by atoms with Gasteiger partial charge < -0.3 is 4.57 Å². The van der Waals surface area contributed by atoms with E-state index in [0.29, 0.717) is 17.8 Å². The monoisotopic (exact) mass is 423 g/mol. The third-order valence-corrected chi connectivity index (χ3v) is 6.13. The van der Waals surface area contributed by atoms with E-state index >= 15 is 0 Å². The molecular weight excluding hydrogens is 402 g/mol. The maximum Gasteiger partial charge on any atom is 0.329 e. The van der Waals surface area contributed by atoms with E-state index in [4.69, 9.17) is 0 Å². The van der Waals surface area contributed by atoms with Gasteiger partial charge in [0.1, 0.15) is 5.82 Å². The van der Waals surface area contributed by atoms with E-state index in [2.05, 4.69) is 9.97 Å². The summed E-state index contributed by atoms with van der Waals surface area (Å²) >= 11 is 0. The molecule has 0 bridgehead atoms. The summed E-state index contributed by atoms with van der Waals surface area (Å²) < 4.78 is 5.59. The average Bonchev–Trinajstić information content (AvgIpc) is 3.62. The van der Waals surface area contributed by atoms with Crippen molar-refractivity contribution in [1.82, 2.24) is 23.7 Å². The van der Waals surface area contributed by atoms with Gasteiger partial charge in [-0.2, -0.15) is 4.98 Å². The molecule has 1 aliphatic carbocycles. The quantitative estimate of drug-likeness (QED) is 0.435. The van der Waals surface area contributed by atoms with Crippen molar-refractivity contribution in [3.8, 4) is 0 Å². The molecule has 2 aromatic carbocycles. The van der Waals surface area contributed by atoms with Gasteiger partial charge >= 0.3 is 5.69 Å². The summed E-state index contributed by atoms with van der Waals surface area (Å²) in [5, 5.41) is 0.571. The van der Waals surface area contributed by atoms with Crippen LogP contribution in [0.1, 0.15) is 30.3 Å². The van der Waals surface area contributed by atoms with Crippen molar-refractivity contribution >= 4 is 21.9 Å². The second-order valence-corrected chi connectivity index (χ2v) is 8.26. The van der Waals surface area contributed by atoms with Gasteiger partial charge in [-0.25, -0.2) is 4.79 Å². The fraction of sp³-hybridized carbons (Fsp3) is 0.200. The number of rotatable bonds is 5. The van der Waals surface area contributed by atoms with Crippen molar-refractivity contribution < 1.29 is 0 Å². The Bertz CT molecular complexity index is 1580. The zero-order valence-corrected chi connectivity index (χ0v) is 17.4. The van der Waals surface area contributed by atoms with Crippen molar-refractivity contribution in [2.45, 2.75) is 32.0 Å². The maximum absolute atomic E-state index is 13.4. The number of benzene rings is 2. The summed E-state index contributed by atoms with van der Waals surface area (Å²) in [7, 11) is 0. The van der Waals surface area contributed by atoms with Gasteiger partial charge in [-0.1, -0.05) is 42.5 Å². The molecule has 7 nitrogen and oxygen atoms in total. The lowest BCUT2D eigenvalue weighted by Gasteiger charge is -2.16. The Morgan fingerprint density at radius 2 is 1.59 bits per heavy atom. The van der Waals surface area contributed by atoms with Gasteiger partial charge in [-0.15, -0.1) is 0 Å². The van der Waals surface area contributed by atoms with Crippen LogP contribution in [0, 0.1) is 0 Å². The van der Waals surface area contributed by atoms with Crippen LogP contribution in [0.5, 0.6) is 0 Å². The molecule has 158 valence electrons. The van der Waals surface area contributed by atoms with E-state index in [1.54, 1.807) is 23.0 Å². The highest BCUT2D eigenvalue weighted by atomic mass is 16.2. The summed E-state index contributed by atoms with van der Waals surface area (Å²) in [6.07, 6.45) is 5.45. The molecule has 32 heavy (non-hydrogen) atoms. The van der Waals surface area contributed by atoms with Crippen molar-refractivity contribution in [2.75, 3.05) is 0 Å². The highest BCUT2D eigenvalue weighted by Crippen LogP contribution is 2.36. The van der Waals surface area contributed by atoms with Crippen LogP contribution in [0.15, 0.2) is 82.6 Å². The lowest BCUT2D eigenvalue weighted by molar-refractivity contribution is 0.624. The van der Waals surface area contributed by atoms with Crippen molar-refractivity contribution in [1.29, 1.82) is 0 Å². The molecule has 0 aliphatic heterocycles. The molecule has 1 saturated carbocycles. The largest absolute Gasteiger partial charge is 0.329 e. The molecule has 3 heterocycles. The molecule has 0 amide bonds. The average molecular weight is 423 g/mol. The number of hydrogen-bond acceptors (Lipinski definition) is 4. The SMILES string of the molecule is O=c1nc(Cn2c(=O)n(C3CC3)c3ccncc32)n(Cc2ccccc2)c2ccccc12. The summed E-state index contributed by atoms with van der Waals surface area (Å²) in [4.78, 5) is 34.9. The summed E-state index contributed by atoms with van der Waals surface area (Å²) in [6.45, 7) is 0.756. The van der Waals surface area contributed by atoms with Gasteiger partial charge in [-0.05, 0) is 36.6 Å². The Balaban J connectivity index is 1.56. The second kappa shape index (κ2) is 7.30. The number of fused-ring (bicyclic) bond motifs is 2. The molecule has 3 aromatic heterocycles. The van der Waals surface area contributed by atoms with E-state index < -0.39 is 0 Å². The molecule has 0 radical (unpaired) electrons. The molecule has 5 aromatic rings. The molecule has 0 atom stereocenters. The zero-order valence-electron chi connectivity index (χ0n) is 17.4. The number of nitrogens with zero attached hydrogens (tertiary/aromatic N) is 5. The molecule has 0 spiro atoms. The minimum absolute atomic E-state index is 0.0795. The van der Waals surface area contributed by atoms with Gasteiger partial charge in [0.15, 0.2) is 0 Å². The van der Waals surface area contributed by atoms with Crippen LogP contribution in [-0.4, -0.2) is 23.7 Å². The van der Waals surface area contributed by atoms with E-state index in [1.807, 2.05) is 63.7 Å². The van der Waals surface area contributed by atoms with E-state index in [0.717, 1.165) is 35.0 Å². The molecule has 6 rings (SSSR count). The first-order valence-electron chi connectivity index (χ1n) is 10.8. The lowest BCUT2D eigenvalue weighted by atomic mass is 10.2. The van der Waals surface area contributed by atoms with Crippen LogP contribution in [0.2, 0.25) is 0 Å². The molecule has 0 saturated heterocycles. The van der Waals surface area contributed by atoms with Crippen LogP contribution in [0.4, 0.5) is 0 Å². The Morgan fingerprint density at radius 3 is 2.41 bits per heavy atom. The van der Waals surface area contributed by atoms with E-state index in [1.165, 1.54) is 0 Å². The van der Waals surface area contributed by atoms with E-state index in [-0.39, 0.29) is 23.8 Å². The molecule has 0 unspecified atom stereocenters. The summed E-state index contributed by atoms with van der Waals surface area (Å²) in [5.41, 5.74) is 3.19. The van der Waals surface area contributed by atoms with E-state index in [9.17, 15) is 9.59 Å². The Morgan fingerprint density at radius 1 is 0.812 bits per heavy atom. The highest BCUT2D eigenvalue weighted by molar-refractivity contribution is 5.78. The van der Waals surface area contributed by atoms with Gasteiger partial charge in [0.05, 0.1) is 34.7 Å². The van der Waals surface area contributed by atoms with Crippen LogP contribution in [0.25, 0.3) is 21.9 Å². The number of pyridine rings is 1. The predicted molar refractivity (Wildman–Crippen MR) is 123 cm³/mol. The Labute approximate surface area is 183 Å². The zero-order chi connectivity index (χ0) is 21.7. The minimum Gasteiger partial charge on any atom is -0.323 e. The van der Waals surface area contributed by atoms with Gasteiger partial charge in [-0.3, -0.25) is 18.9 Å². The minimum atomic E-state index is -0.281. The Hall–Kier alpha value is -4.00. The third kappa shape index (κ3) is 3.05. The summed E-state index contributed by atoms with van der Waals surface area (Å²) in [5.74, 6) is 0.554. The topological polar surface area (TPSA) is 74.7 Å². The normalized spacial score (nSPS) is 13.8. The lowest BCUT2D eigenvalue weighted by Crippen LogP contribution is -2.28. The van der Waals surface area contributed by atoms with Crippen LogP contribution in [0.3, 0.4) is 0 Å².